The molecule has 0 amide bonds. The number of benzene rings is 4. The molecule has 2 N–H and O–H groups in total. The highest BCUT2D eigenvalue weighted by Gasteiger charge is 2.52. The molecular weight excluding hydrogens is 585 g/mol. The summed E-state index contributed by atoms with van der Waals surface area (Å²) < 4.78 is 36.4. The highest BCUT2D eigenvalue weighted by molar-refractivity contribution is 8.15. The molecule has 1 aliphatic rings. The van der Waals surface area contributed by atoms with Crippen molar-refractivity contribution in [1.29, 1.82) is 0 Å². The fourth-order valence-corrected chi connectivity index (χ4v) is 11.9. The second kappa shape index (κ2) is 12.1. The molecule has 5 rings (SSSR count). The van der Waals surface area contributed by atoms with Crippen molar-refractivity contribution in [2.24, 2.45) is 10.8 Å². The van der Waals surface area contributed by atoms with Gasteiger partial charge in [0.25, 0.3) is 8.32 Å². The summed E-state index contributed by atoms with van der Waals surface area (Å²) in [5.41, 5.74) is 7.21. The molecule has 1 atom stereocenters. The van der Waals surface area contributed by atoms with Gasteiger partial charge in [-0.25, -0.2) is 13.8 Å². The quantitative estimate of drug-likeness (QED) is 0.175. The van der Waals surface area contributed by atoms with Gasteiger partial charge in [0, 0.05) is 18.6 Å². The second-order valence-electron chi connectivity index (χ2n) is 11.2. The van der Waals surface area contributed by atoms with Crippen LogP contribution in [0.2, 0.25) is 5.04 Å². The van der Waals surface area contributed by atoms with Crippen LogP contribution in [0.5, 0.6) is 0 Å². The molecule has 0 aromatic heterocycles. The molecule has 0 fully saturated rings. The van der Waals surface area contributed by atoms with Crippen molar-refractivity contribution in [3.05, 3.63) is 132 Å². The monoisotopic (exact) mass is 617 g/mol. The lowest BCUT2D eigenvalue weighted by molar-refractivity contribution is 0.212. The second-order valence-corrected chi connectivity index (χ2v) is 17.2. The van der Waals surface area contributed by atoms with Crippen LogP contribution in [-0.4, -0.2) is 30.1 Å². The molecule has 4 aromatic carbocycles. The number of hydrogen-bond donors (Lipinski definition) is 1. The van der Waals surface area contributed by atoms with Gasteiger partial charge in [0.2, 0.25) is 0 Å². The van der Waals surface area contributed by atoms with Crippen LogP contribution in [0.15, 0.2) is 114 Å². The van der Waals surface area contributed by atoms with Gasteiger partial charge in [0.05, 0.1) is 0 Å². The summed E-state index contributed by atoms with van der Waals surface area (Å²) >= 11 is 6.80. The molecule has 0 saturated heterocycles. The maximum atomic E-state index is 15.0. The van der Waals surface area contributed by atoms with Crippen molar-refractivity contribution >= 4 is 52.8 Å². The zero-order valence-corrected chi connectivity index (χ0v) is 26.4. The molecule has 1 heterocycles. The van der Waals surface area contributed by atoms with Gasteiger partial charge in [-0.2, -0.15) is 5.10 Å². The van der Waals surface area contributed by atoms with Gasteiger partial charge in [-0.1, -0.05) is 124 Å². The third-order valence-electron chi connectivity index (χ3n) is 7.57. The molecule has 4 aromatic rings. The molecule has 216 valence electrons. The third kappa shape index (κ3) is 5.54. The Kier molecular flexibility index (Phi) is 8.66. The average molecular weight is 618 g/mol. The Hall–Kier alpha value is -3.37. The van der Waals surface area contributed by atoms with Crippen LogP contribution < -0.4 is 16.1 Å². The van der Waals surface area contributed by atoms with E-state index >= 15 is 0 Å². The van der Waals surface area contributed by atoms with Crippen molar-refractivity contribution in [2.75, 3.05) is 6.61 Å². The van der Waals surface area contributed by atoms with E-state index in [4.69, 9.17) is 22.4 Å². The molecule has 9 heteroatoms. The Morgan fingerprint density at radius 1 is 0.905 bits per heavy atom. The smallest absolute Gasteiger partial charge is 0.261 e. The average Bonchev–Trinajstić information content (AvgIpc) is 3.38. The van der Waals surface area contributed by atoms with Crippen LogP contribution in [0.25, 0.3) is 0 Å². The number of thiocarbonyl (C=S) groups is 1. The van der Waals surface area contributed by atoms with E-state index in [0.29, 0.717) is 18.1 Å². The van der Waals surface area contributed by atoms with Gasteiger partial charge in [-0.3, -0.25) is 0 Å². The fraction of sp³-hybridized carbons (Fsp3) is 0.212. The fourth-order valence-electron chi connectivity index (χ4n) is 5.68. The minimum Gasteiger partial charge on any atom is -0.407 e. The van der Waals surface area contributed by atoms with E-state index in [2.05, 4.69) is 74.4 Å². The summed E-state index contributed by atoms with van der Waals surface area (Å²) in [7, 11) is -2.84. The lowest BCUT2D eigenvalue weighted by Gasteiger charge is -2.44. The highest BCUT2D eigenvalue weighted by atomic mass is 32.2. The van der Waals surface area contributed by atoms with E-state index in [9.17, 15) is 8.78 Å². The molecule has 0 aliphatic carbocycles. The van der Waals surface area contributed by atoms with E-state index in [1.54, 1.807) is 5.01 Å². The van der Waals surface area contributed by atoms with E-state index in [0.717, 1.165) is 23.8 Å². The number of nitrogens with zero attached hydrogens (tertiary/aromatic N) is 2. The first kappa shape index (κ1) is 30.1. The van der Waals surface area contributed by atoms with Crippen molar-refractivity contribution in [3.63, 3.8) is 0 Å². The Balaban J connectivity index is 1.58. The molecule has 0 spiro atoms. The van der Waals surface area contributed by atoms with Crippen molar-refractivity contribution in [1.82, 2.24) is 5.01 Å². The van der Waals surface area contributed by atoms with Crippen LogP contribution in [0, 0.1) is 11.6 Å². The lowest BCUT2D eigenvalue weighted by Crippen LogP contribution is -2.66. The van der Waals surface area contributed by atoms with Gasteiger partial charge in [0.1, 0.15) is 21.5 Å². The standard InChI is InChI=1S/C33H33F2N3OS2Si/c1-32(2,3)42(26-15-9-5-10-16-26,27-17-11-6-12-18-27)39-22-21-33(24-13-7-4-8-14-24)38(31(36)40)37-30(41-33)28-23-25(34)19-20-29(28)35/h4-20,23H,21-22H2,1-3H3,(H2,36,40). The van der Waals surface area contributed by atoms with Gasteiger partial charge in [-0.15, -0.1) is 0 Å². The van der Waals surface area contributed by atoms with Crippen LogP contribution in [0.3, 0.4) is 0 Å². The summed E-state index contributed by atoms with van der Waals surface area (Å²) in [6, 6.07) is 33.9. The number of halogens is 2. The Morgan fingerprint density at radius 3 is 1.98 bits per heavy atom. The molecule has 4 nitrogen and oxygen atoms in total. The predicted octanol–water partition coefficient (Wildman–Crippen LogP) is 6.74. The minimum atomic E-state index is -2.84. The number of thioether (sulfide) groups is 1. The SMILES string of the molecule is CC(C)(C)[Si](OCCC1(c2ccccc2)SC(c2cc(F)ccc2F)=NN1C(N)=S)(c1ccccc1)c1ccccc1. The normalized spacial score (nSPS) is 17.3. The number of hydrazone groups is 1. The van der Waals surface area contributed by atoms with Gasteiger partial charge < -0.3 is 10.2 Å². The predicted molar refractivity (Wildman–Crippen MR) is 175 cm³/mol. The first-order chi connectivity index (χ1) is 20.1. The van der Waals surface area contributed by atoms with Crippen LogP contribution in [0.4, 0.5) is 8.78 Å². The molecule has 42 heavy (non-hydrogen) atoms. The first-order valence-electron chi connectivity index (χ1n) is 13.7. The van der Waals surface area contributed by atoms with E-state index in [-0.39, 0.29) is 15.7 Å². The van der Waals surface area contributed by atoms with Gasteiger partial charge in [0.15, 0.2) is 5.11 Å². The van der Waals surface area contributed by atoms with Crippen LogP contribution >= 0.6 is 24.0 Å². The molecular formula is C33H33F2N3OS2Si. The van der Waals surface area contributed by atoms with Crippen LogP contribution in [0.1, 0.15) is 38.3 Å². The van der Waals surface area contributed by atoms with Gasteiger partial charge >= 0.3 is 0 Å². The Bertz CT molecular complexity index is 1540. The zero-order chi connectivity index (χ0) is 30.0. The van der Waals surface area contributed by atoms with Crippen molar-refractivity contribution in [2.45, 2.75) is 37.1 Å². The summed E-state index contributed by atoms with van der Waals surface area (Å²) in [5.74, 6) is -1.12. The van der Waals surface area contributed by atoms with E-state index < -0.39 is 24.8 Å². The summed E-state index contributed by atoms with van der Waals surface area (Å²) in [4.78, 5) is -0.938. The maximum Gasteiger partial charge on any atom is 0.261 e. The summed E-state index contributed by atoms with van der Waals surface area (Å²) in [6.45, 7) is 7.02. The summed E-state index contributed by atoms with van der Waals surface area (Å²) in [6.07, 6.45) is 0.424. The first-order valence-corrected chi connectivity index (χ1v) is 16.8. The van der Waals surface area contributed by atoms with Crippen molar-refractivity contribution in [3.8, 4) is 0 Å². The molecule has 0 bridgehead atoms. The third-order valence-corrected chi connectivity index (χ3v) is 14.2. The Labute approximate surface area is 256 Å². The maximum absolute atomic E-state index is 15.0. The molecule has 0 saturated carbocycles. The van der Waals surface area contributed by atoms with E-state index in [1.165, 1.54) is 22.1 Å². The zero-order valence-electron chi connectivity index (χ0n) is 23.8. The van der Waals surface area contributed by atoms with Crippen molar-refractivity contribution < 1.29 is 13.2 Å². The van der Waals surface area contributed by atoms with Gasteiger partial charge in [-0.05, 0) is 51.4 Å². The minimum absolute atomic E-state index is 0.0311. The van der Waals surface area contributed by atoms with E-state index in [1.807, 2.05) is 42.5 Å². The molecule has 1 unspecified atom stereocenters. The number of nitrogens with two attached hydrogens (primary N) is 1. The number of rotatable bonds is 8. The Morgan fingerprint density at radius 2 is 1.45 bits per heavy atom. The lowest BCUT2D eigenvalue weighted by atomic mass is 10.0. The van der Waals surface area contributed by atoms with Crippen LogP contribution in [-0.2, 0) is 9.30 Å². The molecule has 1 aliphatic heterocycles. The highest BCUT2D eigenvalue weighted by Crippen LogP contribution is 2.50. The largest absolute Gasteiger partial charge is 0.407 e. The molecule has 0 radical (unpaired) electrons. The topological polar surface area (TPSA) is 50.8 Å². The number of hydrogen-bond acceptors (Lipinski definition) is 4. The summed E-state index contributed by atoms with van der Waals surface area (Å²) in [5, 5.41) is 8.67.